The van der Waals surface area contributed by atoms with Crippen molar-refractivity contribution < 1.29 is 4.43 Å². The van der Waals surface area contributed by atoms with Gasteiger partial charge in [0.05, 0.1) is 6.61 Å². The molecular formula is C14H24OSi. The summed E-state index contributed by atoms with van der Waals surface area (Å²) in [5.74, 6) is 0. The van der Waals surface area contributed by atoms with Gasteiger partial charge in [-0.05, 0) is 30.1 Å². The molecule has 1 aromatic rings. The smallest absolute Gasteiger partial charge is 0.187 e. The first kappa shape index (κ1) is 13.5. The summed E-state index contributed by atoms with van der Waals surface area (Å²) in [4.78, 5) is 0. The monoisotopic (exact) mass is 236 g/mol. The van der Waals surface area contributed by atoms with E-state index in [1.807, 2.05) is 6.07 Å². The average molecular weight is 236 g/mol. The standard InChI is InChI=1S/C14H24OSi/c1-14(2,3)12-16(4,5)15-11-13-9-7-6-8-10-13/h6-10H,11-12H2,1-5H3. The molecule has 0 bridgehead atoms. The molecular weight excluding hydrogens is 212 g/mol. The third-order valence-corrected chi connectivity index (χ3v) is 5.27. The highest BCUT2D eigenvalue weighted by Crippen LogP contribution is 2.28. The molecule has 0 fully saturated rings. The second-order valence-electron chi connectivity index (χ2n) is 6.27. The minimum absolute atomic E-state index is 0.367. The van der Waals surface area contributed by atoms with Gasteiger partial charge >= 0.3 is 0 Å². The molecule has 1 aromatic carbocycles. The summed E-state index contributed by atoms with van der Waals surface area (Å²) < 4.78 is 6.13. The van der Waals surface area contributed by atoms with Crippen molar-refractivity contribution in [2.75, 3.05) is 0 Å². The van der Waals surface area contributed by atoms with E-state index in [-0.39, 0.29) is 0 Å². The van der Waals surface area contributed by atoms with E-state index < -0.39 is 8.32 Å². The minimum atomic E-state index is -1.52. The molecule has 0 N–H and O–H groups in total. The lowest BCUT2D eigenvalue weighted by Gasteiger charge is -2.30. The van der Waals surface area contributed by atoms with Gasteiger partial charge in [-0.2, -0.15) is 0 Å². The number of hydrogen-bond donors (Lipinski definition) is 0. The molecule has 0 aliphatic rings. The van der Waals surface area contributed by atoms with Crippen molar-refractivity contribution in [1.82, 2.24) is 0 Å². The fourth-order valence-corrected chi connectivity index (χ4v) is 5.39. The van der Waals surface area contributed by atoms with Gasteiger partial charge in [0.2, 0.25) is 0 Å². The predicted octanol–water partition coefficient (Wildman–Crippen LogP) is 4.45. The lowest BCUT2D eigenvalue weighted by molar-refractivity contribution is 0.280. The van der Waals surface area contributed by atoms with Gasteiger partial charge in [0, 0.05) is 0 Å². The Bertz CT molecular complexity index is 311. The van der Waals surface area contributed by atoms with Crippen LogP contribution in [0.5, 0.6) is 0 Å². The summed E-state index contributed by atoms with van der Waals surface area (Å²) in [5, 5.41) is 0. The summed E-state index contributed by atoms with van der Waals surface area (Å²) in [7, 11) is -1.52. The van der Waals surface area contributed by atoms with Gasteiger partial charge in [-0.15, -0.1) is 0 Å². The minimum Gasteiger partial charge on any atom is -0.413 e. The number of rotatable bonds is 4. The molecule has 0 spiro atoms. The zero-order chi connectivity index (χ0) is 12.2. The molecule has 90 valence electrons. The molecule has 0 radical (unpaired) electrons. The molecule has 0 unspecified atom stereocenters. The van der Waals surface area contributed by atoms with Crippen LogP contribution in [0.3, 0.4) is 0 Å². The predicted molar refractivity (Wildman–Crippen MR) is 73.0 cm³/mol. The summed E-state index contributed by atoms with van der Waals surface area (Å²) in [6, 6.07) is 11.6. The molecule has 0 saturated carbocycles. The fraction of sp³-hybridized carbons (Fsp3) is 0.571. The van der Waals surface area contributed by atoms with E-state index in [9.17, 15) is 0 Å². The van der Waals surface area contributed by atoms with E-state index in [0.29, 0.717) is 5.41 Å². The van der Waals surface area contributed by atoms with Gasteiger partial charge in [0.15, 0.2) is 8.32 Å². The molecule has 2 heteroatoms. The van der Waals surface area contributed by atoms with Gasteiger partial charge in [-0.3, -0.25) is 0 Å². The molecule has 1 rings (SSSR count). The van der Waals surface area contributed by atoms with Crippen LogP contribution in [0, 0.1) is 5.41 Å². The molecule has 0 aromatic heterocycles. The molecule has 0 heterocycles. The molecule has 16 heavy (non-hydrogen) atoms. The van der Waals surface area contributed by atoms with Crippen LogP contribution >= 0.6 is 0 Å². The van der Waals surface area contributed by atoms with Crippen molar-refractivity contribution in [1.29, 1.82) is 0 Å². The lowest BCUT2D eigenvalue weighted by atomic mass is 10.0. The Morgan fingerprint density at radius 1 is 1.06 bits per heavy atom. The topological polar surface area (TPSA) is 9.23 Å². The van der Waals surface area contributed by atoms with Crippen LogP contribution in [0.2, 0.25) is 19.1 Å². The van der Waals surface area contributed by atoms with E-state index >= 15 is 0 Å². The van der Waals surface area contributed by atoms with Crippen LogP contribution in [0.25, 0.3) is 0 Å². The van der Waals surface area contributed by atoms with Gasteiger partial charge in [-0.1, -0.05) is 51.1 Å². The first-order chi connectivity index (χ1) is 7.29. The van der Waals surface area contributed by atoms with Crippen molar-refractivity contribution in [3.63, 3.8) is 0 Å². The first-order valence-electron chi connectivity index (χ1n) is 5.96. The van der Waals surface area contributed by atoms with Crippen molar-refractivity contribution in [3.8, 4) is 0 Å². The normalized spacial score (nSPS) is 12.8. The van der Waals surface area contributed by atoms with Gasteiger partial charge in [0.25, 0.3) is 0 Å². The molecule has 0 aliphatic carbocycles. The Morgan fingerprint density at radius 2 is 1.62 bits per heavy atom. The summed E-state index contributed by atoms with van der Waals surface area (Å²) in [5.41, 5.74) is 1.64. The second kappa shape index (κ2) is 5.15. The van der Waals surface area contributed by atoms with E-state index in [1.54, 1.807) is 0 Å². The molecule has 0 atom stereocenters. The molecule has 1 nitrogen and oxygen atoms in total. The highest BCUT2D eigenvalue weighted by Gasteiger charge is 2.28. The summed E-state index contributed by atoms with van der Waals surface area (Å²) >= 11 is 0. The van der Waals surface area contributed by atoms with E-state index in [0.717, 1.165) is 6.61 Å². The van der Waals surface area contributed by atoms with Crippen molar-refractivity contribution >= 4 is 8.32 Å². The highest BCUT2D eigenvalue weighted by atomic mass is 28.4. The average Bonchev–Trinajstić information content (AvgIpc) is 2.13. The maximum atomic E-state index is 6.13. The third kappa shape index (κ3) is 5.47. The lowest BCUT2D eigenvalue weighted by Crippen LogP contribution is -2.34. The molecule has 0 saturated heterocycles. The van der Waals surface area contributed by atoms with E-state index in [4.69, 9.17) is 4.43 Å². The van der Waals surface area contributed by atoms with Gasteiger partial charge < -0.3 is 4.43 Å². The number of benzene rings is 1. The summed E-state index contributed by atoms with van der Waals surface area (Å²) in [6.45, 7) is 12.2. The summed E-state index contributed by atoms with van der Waals surface area (Å²) in [6.07, 6.45) is 0. The molecule has 0 aliphatic heterocycles. The first-order valence-corrected chi connectivity index (χ1v) is 9.08. The van der Waals surface area contributed by atoms with Crippen LogP contribution < -0.4 is 0 Å². The SMILES string of the molecule is CC(C)(C)C[Si](C)(C)OCc1ccccc1. The van der Waals surface area contributed by atoms with Crippen molar-refractivity contribution in [3.05, 3.63) is 35.9 Å². The Morgan fingerprint density at radius 3 is 2.12 bits per heavy atom. The zero-order valence-electron chi connectivity index (χ0n) is 11.2. The quantitative estimate of drug-likeness (QED) is 0.702. The van der Waals surface area contributed by atoms with Crippen LogP contribution in [0.15, 0.2) is 30.3 Å². The molecule has 0 amide bonds. The maximum absolute atomic E-state index is 6.13. The zero-order valence-corrected chi connectivity index (χ0v) is 12.2. The number of hydrogen-bond acceptors (Lipinski definition) is 1. The Kier molecular flexibility index (Phi) is 4.33. The van der Waals surface area contributed by atoms with Crippen LogP contribution in [-0.2, 0) is 11.0 Å². The van der Waals surface area contributed by atoms with Crippen LogP contribution in [0.4, 0.5) is 0 Å². The van der Waals surface area contributed by atoms with Gasteiger partial charge in [0.1, 0.15) is 0 Å². The maximum Gasteiger partial charge on any atom is 0.187 e. The van der Waals surface area contributed by atoms with Crippen molar-refractivity contribution in [2.45, 2.75) is 46.5 Å². The highest BCUT2D eigenvalue weighted by molar-refractivity contribution is 6.71. The van der Waals surface area contributed by atoms with Crippen molar-refractivity contribution in [2.24, 2.45) is 5.41 Å². The Labute approximate surface area is 101 Å². The van der Waals surface area contributed by atoms with E-state index in [1.165, 1.54) is 11.6 Å². The third-order valence-electron chi connectivity index (χ3n) is 2.43. The Hall–Kier alpha value is -0.603. The van der Waals surface area contributed by atoms with Crippen LogP contribution in [0.1, 0.15) is 26.3 Å². The van der Waals surface area contributed by atoms with E-state index in [2.05, 4.69) is 58.1 Å². The fourth-order valence-electron chi connectivity index (χ4n) is 2.18. The second-order valence-corrected chi connectivity index (χ2v) is 10.4. The van der Waals surface area contributed by atoms with Gasteiger partial charge in [-0.25, -0.2) is 0 Å². The largest absolute Gasteiger partial charge is 0.413 e. The Balaban J connectivity index is 2.48. The van der Waals surface area contributed by atoms with Crippen LogP contribution in [-0.4, -0.2) is 8.32 Å².